The smallest absolute Gasteiger partial charge is 0.257 e. The van der Waals surface area contributed by atoms with E-state index in [2.05, 4.69) is 10.6 Å². The second-order valence-electron chi connectivity index (χ2n) is 4.49. The Morgan fingerprint density at radius 1 is 1.45 bits per heavy atom. The Morgan fingerprint density at radius 3 is 2.85 bits per heavy atom. The molecule has 0 spiro atoms. The molecule has 1 aromatic carbocycles. The molecule has 4 nitrogen and oxygen atoms in total. The molecule has 0 radical (unpaired) electrons. The first kappa shape index (κ1) is 16.5. The summed E-state index contributed by atoms with van der Waals surface area (Å²) in [6.45, 7) is 5.18. The lowest BCUT2D eigenvalue weighted by Gasteiger charge is -2.10. The molecule has 0 saturated carbocycles. The van der Waals surface area contributed by atoms with E-state index in [0.29, 0.717) is 13.2 Å². The maximum absolute atomic E-state index is 13.0. The molecule has 0 aliphatic rings. The van der Waals surface area contributed by atoms with Crippen LogP contribution in [0.5, 0.6) is 0 Å². The maximum Gasteiger partial charge on any atom is 0.257 e. The van der Waals surface area contributed by atoms with Gasteiger partial charge in [-0.2, -0.15) is 0 Å². The van der Waals surface area contributed by atoms with Crippen LogP contribution in [0, 0.1) is 5.82 Å². The van der Waals surface area contributed by atoms with Crippen LogP contribution in [0.2, 0.25) is 0 Å². The van der Waals surface area contributed by atoms with Gasteiger partial charge < -0.3 is 10.1 Å². The highest BCUT2D eigenvalue weighted by Gasteiger charge is 2.08. The molecule has 0 saturated heterocycles. The van der Waals surface area contributed by atoms with E-state index < -0.39 is 11.7 Å². The van der Waals surface area contributed by atoms with Crippen molar-refractivity contribution in [2.45, 2.75) is 26.4 Å². The largest absolute Gasteiger partial charge is 0.379 e. The van der Waals surface area contributed by atoms with Crippen molar-refractivity contribution in [3.63, 3.8) is 0 Å². The van der Waals surface area contributed by atoms with Crippen LogP contribution in [-0.2, 0) is 4.74 Å². The highest BCUT2D eigenvalue weighted by Crippen LogP contribution is 2.02. The molecule has 1 aromatic rings. The van der Waals surface area contributed by atoms with Crippen molar-refractivity contribution in [3.05, 3.63) is 35.6 Å². The molecule has 0 aromatic heterocycles. The van der Waals surface area contributed by atoms with Gasteiger partial charge in [-0.15, -0.1) is 0 Å². The van der Waals surface area contributed by atoms with E-state index in [-0.39, 0.29) is 16.8 Å². The summed E-state index contributed by atoms with van der Waals surface area (Å²) in [6.07, 6.45) is 0.989. The highest BCUT2D eigenvalue weighted by molar-refractivity contribution is 7.80. The third-order valence-corrected chi connectivity index (χ3v) is 2.62. The van der Waals surface area contributed by atoms with Gasteiger partial charge in [-0.1, -0.05) is 6.07 Å². The summed E-state index contributed by atoms with van der Waals surface area (Å²) in [5, 5.41) is 5.62. The van der Waals surface area contributed by atoms with Gasteiger partial charge >= 0.3 is 0 Å². The van der Waals surface area contributed by atoms with Gasteiger partial charge in [0.05, 0.1) is 6.10 Å². The van der Waals surface area contributed by atoms with Crippen molar-refractivity contribution in [2.24, 2.45) is 0 Å². The quantitative estimate of drug-likeness (QED) is 0.625. The molecule has 6 heteroatoms. The van der Waals surface area contributed by atoms with Crippen molar-refractivity contribution in [3.8, 4) is 0 Å². The Balaban J connectivity index is 2.27. The molecule has 1 rings (SSSR count). The van der Waals surface area contributed by atoms with Crippen molar-refractivity contribution in [1.82, 2.24) is 10.6 Å². The normalized spacial score (nSPS) is 10.4. The molecular formula is C14H19FN2O2S. The molecular weight excluding hydrogens is 279 g/mol. The van der Waals surface area contributed by atoms with E-state index in [1.165, 1.54) is 18.2 Å². The Kier molecular flexibility index (Phi) is 7.11. The van der Waals surface area contributed by atoms with Crippen molar-refractivity contribution >= 4 is 23.2 Å². The molecule has 110 valence electrons. The summed E-state index contributed by atoms with van der Waals surface area (Å²) in [5.41, 5.74) is 0.234. The predicted molar refractivity (Wildman–Crippen MR) is 80.2 cm³/mol. The lowest BCUT2D eigenvalue weighted by molar-refractivity contribution is 0.0777. The van der Waals surface area contributed by atoms with Gasteiger partial charge in [0.25, 0.3) is 5.91 Å². The van der Waals surface area contributed by atoms with E-state index in [0.717, 1.165) is 12.5 Å². The number of hydrogen-bond acceptors (Lipinski definition) is 3. The summed E-state index contributed by atoms with van der Waals surface area (Å²) >= 11 is 4.99. The summed E-state index contributed by atoms with van der Waals surface area (Å²) in [5.74, 6) is -0.886. The minimum absolute atomic E-state index is 0.203. The van der Waals surface area contributed by atoms with Crippen molar-refractivity contribution in [2.75, 3.05) is 13.2 Å². The molecule has 0 aliphatic carbocycles. The zero-order valence-electron chi connectivity index (χ0n) is 11.6. The number of ether oxygens (including phenoxy) is 1. The molecule has 20 heavy (non-hydrogen) atoms. The first-order valence-corrected chi connectivity index (χ1v) is 6.86. The third kappa shape index (κ3) is 6.58. The van der Waals surface area contributed by atoms with Gasteiger partial charge in [0.2, 0.25) is 0 Å². The predicted octanol–water partition coefficient (Wildman–Crippen LogP) is 2.25. The number of rotatable bonds is 6. The van der Waals surface area contributed by atoms with Crippen LogP contribution in [-0.4, -0.2) is 30.3 Å². The fourth-order valence-electron chi connectivity index (χ4n) is 1.44. The summed E-state index contributed by atoms with van der Waals surface area (Å²) in [6, 6.07) is 5.44. The minimum atomic E-state index is -0.456. The Bertz CT molecular complexity index is 466. The summed E-state index contributed by atoms with van der Waals surface area (Å²) < 4.78 is 18.4. The molecule has 2 N–H and O–H groups in total. The zero-order valence-corrected chi connectivity index (χ0v) is 12.4. The Hall–Kier alpha value is -1.53. The maximum atomic E-state index is 13.0. The molecule has 0 heterocycles. The van der Waals surface area contributed by atoms with Crippen LogP contribution in [0.4, 0.5) is 4.39 Å². The number of hydrogen-bond donors (Lipinski definition) is 2. The van der Waals surface area contributed by atoms with Gasteiger partial charge in [-0.05, 0) is 50.7 Å². The van der Waals surface area contributed by atoms with Crippen LogP contribution in [0.25, 0.3) is 0 Å². The van der Waals surface area contributed by atoms with Crippen LogP contribution in [0.15, 0.2) is 24.3 Å². The molecule has 0 unspecified atom stereocenters. The zero-order chi connectivity index (χ0) is 15.0. The fraction of sp³-hybridized carbons (Fsp3) is 0.429. The average molecular weight is 298 g/mol. The van der Waals surface area contributed by atoms with Crippen LogP contribution in [0.1, 0.15) is 30.6 Å². The van der Waals surface area contributed by atoms with Gasteiger partial charge in [-0.3, -0.25) is 10.1 Å². The number of thiocarbonyl (C=S) groups is 1. The highest BCUT2D eigenvalue weighted by atomic mass is 32.1. The third-order valence-electron chi connectivity index (χ3n) is 2.37. The number of benzene rings is 1. The monoisotopic (exact) mass is 298 g/mol. The summed E-state index contributed by atoms with van der Waals surface area (Å²) in [7, 11) is 0. The van der Waals surface area contributed by atoms with Gasteiger partial charge in [0.15, 0.2) is 5.11 Å². The number of carbonyl (C=O) groups excluding carboxylic acids is 1. The number of halogens is 1. The van der Waals surface area contributed by atoms with Crippen LogP contribution in [0.3, 0.4) is 0 Å². The second-order valence-corrected chi connectivity index (χ2v) is 4.90. The van der Waals surface area contributed by atoms with E-state index in [1.807, 2.05) is 13.8 Å². The van der Waals surface area contributed by atoms with Gasteiger partial charge in [-0.25, -0.2) is 4.39 Å². The topological polar surface area (TPSA) is 50.4 Å². The van der Waals surface area contributed by atoms with Crippen molar-refractivity contribution in [1.29, 1.82) is 0 Å². The number of nitrogens with one attached hydrogen (secondary N) is 2. The molecule has 0 atom stereocenters. The second kappa shape index (κ2) is 8.60. The average Bonchev–Trinajstić information content (AvgIpc) is 2.37. The van der Waals surface area contributed by atoms with Crippen molar-refractivity contribution < 1.29 is 13.9 Å². The molecule has 0 fully saturated rings. The molecule has 0 bridgehead atoms. The van der Waals surface area contributed by atoms with Crippen LogP contribution >= 0.6 is 12.2 Å². The molecule has 1 amide bonds. The fourth-order valence-corrected chi connectivity index (χ4v) is 1.64. The molecule has 0 aliphatic heterocycles. The summed E-state index contributed by atoms with van der Waals surface area (Å²) in [4.78, 5) is 11.8. The number of amides is 1. The van der Waals surface area contributed by atoms with E-state index >= 15 is 0 Å². The first-order chi connectivity index (χ1) is 9.49. The van der Waals surface area contributed by atoms with E-state index in [1.54, 1.807) is 0 Å². The Morgan fingerprint density at radius 2 is 2.20 bits per heavy atom. The Labute approximate surface area is 123 Å². The van der Waals surface area contributed by atoms with Crippen LogP contribution < -0.4 is 10.6 Å². The minimum Gasteiger partial charge on any atom is -0.379 e. The first-order valence-electron chi connectivity index (χ1n) is 6.45. The standard InChI is InChI=1S/C14H19FN2O2S/c1-10(2)19-8-4-7-16-14(20)17-13(18)11-5-3-6-12(15)9-11/h3,5-6,9-10H,4,7-8H2,1-2H3,(H2,16,17,18,20). The number of carbonyl (C=O) groups is 1. The lowest BCUT2D eigenvalue weighted by atomic mass is 10.2. The SMILES string of the molecule is CC(C)OCCCNC(=S)NC(=O)c1cccc(F)c1. The van der Waals surface area contributed by atoms with Gasteiger partial charge in [0, 0.05) is 18.7 Å². The van der Waals surface area contributed by atoms with E-state index in [4.69, 9.17) is 17.0 Å². The van der Waals surface area contributed by atoms with Gasteiger partial charge in [0.1, 0.15) is 5.82 Å². The van der Waals surface area contributed by atoms with E-state index in [9.17, 15) is 9.18 Å². The lowest BCUT2D eigenvalue weighted by Crippen LogP contribution is -2.39.